The van der Waals surface area contributed by atoms with Gasteiger partial charge in [-0.2, -0.15) is 5.10 Å². The van der Waals surface area contributed by atoms with Crippen molar-refractivity contribution in [3.63, 3.8) is 0 Å². The molecule has 10 heteroatoms. The molecule has 0 radical (unpaired) electrons. The zero-order valence-electron chi connectivity index (χ0n) is 16.0. The van der Waals surface area contributed by atoms with E-state index in [2.05, 4.69) is 10.5 Å². The van der Waals surface area contributed by atoms with Crippen molar-refractivity contribution in [1.29, 1.82) is 0 Å². The van der Waals surface area contributed by atoms with Crippen molar-refractivity contribution in [2.75, 3.05) is 0 Å². The highest BCUT2D eigenvalue weighted by atomic mass is 16.6. The normalized spacial score (nSPS) is 10.6. The van der Waals surface area contributed by atoms with Gasteiger partial charge in [-0.1, -0.05) is 30.3 Å². The second kappa shape index (κ2) is 9.74. The van der Waals surface area contributed by atoms with Gasteiger partial charge in [0.15, 0.2) is 0 Å². The second-order valence-electron chi connectivity index (χ2n) is 6.29. The van der Waals surface area contributed by atoms with Gasteiger partial charge in [0, 0.05) is 6.07 Å². The minimum atomic E-state index is -0.749. The van der Waals surface area contributed by atoms with Gasteiger partial charge in [-0.15, -0.1) is 0 Å². The van der Waals surface area contributed by atoms with Crippen LogP contribution in [0.4, 0.5) is 11.4 Å². The van der Waals surface area contributed by atoms with Gasteiger partial charge in [0.25, 0.3) is 5.69 Å². The molecule has 0 unspecified atom stereocenters. The van der Waals surface area contributed by atoms with E-state index in [4.69, 9.17) is 4.74 Å². The third-order valence-corrected chi connectivity index (χ3v) is 4.07. The first-order valence-electron chi connectivity index (χ1n) is 8.99. The number of hydrogen-bond donors (Lipinski definition) is 1. The van der Waals surface area contributed by atoms with Crippen molar-refractivity contribution in [3.8, 4) is 11.5 Å². The van der Waals surface area contributed by atoms with Crippen molar-refractivity contribution < 1.29 is 19.4 Å². The lowest BCUT2D eigenvalue weighted by atomic mass is 10.1. The summed E-state index contributed by atoms with van der Waals surface area (Å²) in [6, 6.07) is 18.8. The predicted molar refractivity (Wildman–Crippen MR) is 112 cm³/mol. The largest absolute Gasteiger partial charge is 0.450 e. The summed E-state index contributed by atoms with van der Waals surface area (Å²) in [4.78, 5) is 32.4. The topological polar surface area (TPSA) is 137 Å². The Balaban J connectivity index is 1.61. The number of non-ortho nitro benzene ring substituents is 1. The van der Waals surface area contributed by atoms with Crippen LogP contribution in [0.2, 0.25) is 0 Å². The summed E-state index contributed by atoms with van der Waals surface area (Å²) >= 11 is 0. The number of carbonyl (C=O) groups is 1. The smallest absolute Gasteiger partial charge is 0.318 e. The molecule has 0 aliphatic heterocycles. The summed E-state index contributed by atoms with van der Waals surface area (Å²) in [6.07, 6.45) is 1.65. The standard InChI is InChI=1S/C21H16N4O6/c26-21(12-15-4-2-1-3-5-15)23-22-14-16-6-9-18(10-7-16)31-20-11-8-17(24(27)28)13-19(20)25(29)30/h1-11,13-14H,12H2,(H,23,26)/b22-14-. The van der Waals surface area contributed by atoms with Gasteiger partial charge in [-0.3, -0.25) is 25.0 Å². The molecular formula is C21H16N4O6. The molecule has 0 bridgehead atoms. The highest BCUT2D eigenvalue weighted by molar-refractivity contribution is 5.83. The molecule has 10 nitrogen and oxygen atoms in total. The van der Waals surface area contributed by atoms with Crippen LogP contribution in [0.3, 0.4) is 0 Å². The molecule has 0 aliphatic rings. The molecule has 0 atom stereocenters. The molecule has 3 aromatic rings. The van der Waals surface area contributed by atoms with Crippen LogP contribution in [0.15, 0.2) is 77.9 Å². The lowest BCUT2D eigenvalue weighted by molar-refractivity contribution is -0.394. The maximum Gasteiger partial charge on any atom is 0.318 e. The monoisotopic (exact) mass is 420 g/mol. The van der Waals surface area contributed by atoms with Gasteiger partial charge < -0.3 is 4.74 Å². The fraction of sp³-hybridized carbons (Fsp3) is 0.0476. The number of amides is 1. The van der Waals surface area contributed by atoms with Gasteiger partial charge in [0.05, 0.1) is 28.5 Å². The fourth-order valence-corrected chi connectivity index (χ4v) is 2.60. The number of ether oxygens (including phenoxy) is 1. The molecule has 1 N–H and O–H groups in total. The van der Waals surface area contributed by atoms with Crippen LogP contribution in [-0.4, -0.2) is 22.0 Å². The van der Waals surface area contributed by atoms with Gasteiger partial charge in [0.2, 0.25) is 11.7 Å². The van der Waals surface area contributed by atoms with E-state index in [-0.39, 0.29) is 18.1 Å². The van der Waals surface area contributed by atoms with Crippen LogP contribution >= 0.6 is 0 Å². The Kier molecular flexibility index (Phi) is 6.64. The summed E-state index contributed by atoms with van der Waals surface area (Å²) in [6.45, 7) is 0. The van der Waals surface area contributed by atoms with E-state index in [1.54, 1.807) is 24.3 Å². The minimum absolute atomic E-state index is 0.120. The maximum atomic E-state index is 11.9. The highest BCUT2D eigenvalue weighted by Gasteiger charge is 2.21. The maximum absolute atomic E-state index is 11.9. The SMILES string of the molecule is O=C(Cc1ccccc1)N/N=C\c1ccc(Oc2ccc([N+](=O)[O-])cc2[N+](=O)[O-])cc1. The average Bonchev–Trinajstić information content (AvgIpc) is 2.75. The number of hydrazone groups is 1. The van der Waals surface area contributed by atoms with E-state index < -0.39 is 21.2 Å². The van der Waals surface area contributed by atoms with Crippen LogP contribution in [0.5, 0.6) is 11.5 Å². The van der Waals surface area contributed by atoms with E-state index in [0.29, 0.717) is 11.3 Å². The van der Waals surface area contributed by atoms with E-state index in [9.17, 15) is 25.0 Å². The molecule has 156 valence electrons. The zero-order chi connectivity index (χ0) is 22.2. The highest BCUT2D eigenvalue weighted by Crippen LogP contribution is 2.34. The Morgan fingerprint density at radius 2 is 1.68 bits per heavy atom. The Morgan fingerprint density at radius 3 is 2.32 bits per heavy atom. The van der Waals surface area contributed by atoms with E-state index in [1.165, 1.54) is 12.3 Å². The first-order chi connectivity index (χ1) is 14.9. The molecule has 1 amide bonds. The van der Waals surface area contributed by atoms with Crippen molar-refractivity contribution >= 4 is 23.5 Å². The van der Waals surface area contributed by atoms with Crippen LogP contribution in [0.1, 0.15) is 11.1 Å². The molecule has 3 aromatic carbocycles. The molecule has 0 aliphatic carbocycles. The number of nitro groups is 2. The summed E-state index contributed by atoms with van der Waals surface area (Å²) < 4.78 is 5.49. The average molecular weight is 420 g/mol. The Labute approximate surface area is 176 Å². The number of nitrogens with zero attached hydrogens (tertiary/aromatic N) is 3. The lowest BCUT2D eigenvalue weighted by Gasteiger charge is -2.06. The predicted octanol–water partition coefficient (Wildman–Crippen LogP) is 3.99. The number of hydrogen-bond acceptors (Lipinski definition) is 7. The zero-order valence-corrected chi connectivity index (χ0v) is 16.0. The molecule has 0 fully saturated rings. The number of nitro benzene ring substituents is 2. The molecule has 0 saturated heterocycles. The van der Waals surface area contributed by atoms with E-state index in [1.807, 2.05) is 30.3 Å². The number of nitrogens with one attached hydrogen (secondary N) is 1. The first kappa shape index (κ1) is 21.1. The molecule has 0 aromatic heterocycles. The van der Waals surface area contributed by atoms with Crippen LogP contribution in [0.25, 0.3) is 0 Å². The summed E-state index contributed by atoms with van der Waals surface area (Å²) in [5.41, 5.74) is 3.05. The molecule has 31 heavy (non-hydrogen) atoms. The molecule has 0 heterocycles. The first-order valence-corrected chi connectivity index (χ1v) is 8.99. The fourth-order valence-electron chi connectivity index (χ4n) is 2.60. The third-order valence-electron chi connectivity index (χ3n) is 4.07. The second-order valence-corrected chi connectivity index (χ2v) is 6.29. The van der Waals surface area contributed by atoms with Crippen LogP contribution in [0, 0.1) is 20.2 Å². The molecule has 3 rings (SSSR count). The molecular weight excluding hydrogens is 404 g/mol. The Bertz CT molecular complexity index is 1130. The van der Waals surface area contributed by atoms with Crippen LogP contribution in [-0.2, 0) is 11.2 Å². The molecule has 0 spiro atoms. The Hall–Kier alpha value is -4.60. The number of benzene rings is 3. The number of rotatable bonds is 8. The van der Waals surface area contributed by atoms with Gasteiger partial charge >= 0.3 is 5.69 Å². The van der Waals surface area contributed by atoms with E-state index >= 15 is 0 Å². The Morgan fingerprint density at radius 1 is 0.968 bits per heavy atom. The van der Waals surface area contributed by atoms with Crippen LogP contribution < -0.4 is 10.2 Å². The van der Waals surface area contributed by atoms with Gasteiger partial charge in [-0.25, -0.2) is 5.43 Å². The molecule has 0 saturated carbocycles. The lowest BCUT2D eigenvalue weighted by Crippen LogP contribution is -2.19. The quantitative estimate of drug-likeness (QED) is 0.332. The third kappa shape index (κ3) is 5.94. The van der Waals surface area contributed by atoms with Crippen molar-refractivity contribution in [2.24, 2.45) is 5.10 Å². The van der Waals surface area contributed by atoms with Crippen molar-refractivity contribution in [2.45, 2.75) is 6.42 Å². The summed E-state index contributed by atoms with van der Waals surface area (Å²) in [5, 5.41) is 25.9. The summed E-state index contributed by atoms with van der Waals surface area (Å²) in [7, 11) is 0. The van der Waals surface area contributed by atoms with Gasteiger partial charge in [-0.05, 0) is 41.5 Å². The van der Waals surface area contributed by atoms with Gasteiger partial charge in [0.1, 0.15) is 5.75 Å². The van der Waals surface area contributed by atoms with E-state index in [0.717, 1.165) is 17.7 Å². The van der Waals surface area contributed by atoms with Crippen molar-refractivity contribution in [1.82, 2.24) is 5.43 Å². The summed E-state index contributed by atoms with van der Waals surface area (Å²) in [5.74, 6) is -0.0831. The number of carbonyl (C=O) groups excluding carboxylic acids is 1. The minimum Gasteiger partial charge on any atom is -0.450 e. The van der Waals surface area contributed by atoms with Crippen molar-refractivity contribution in [3.05, 3.63) is 104 Å².